The van der Waals surface area contributed by atoms with Crippen molar-refractivity contribution in [3.63, 3.8) is 0 Å². The van der Waals surface area contributed by atoms with Crippen LogP contribution < -0.4 is 5.32 Å². The number of esters is 1. The van der Waals surface area contributed by atoms with Crippen molar-refractivity contribution in [3.05, 3.63) is 35.6 Å². The molecule has 0 aliphatic rings. The number of nitrogens with one attached hydrogen (secondary N) is 1. The lowest BCUT2D eigenvalue weighted by atomic mass is 10.2. The minimum Gasteiger partial charge on any atom is -0.454 e. The van der Waals surface area contributed by atoms with E-state index in [-0.39, 0.29) is 24.6 Å². The Morgan fingerprint density at radius 3 is 2.50 bits per heavy atom. The molecule has 0 bridgehead atoms. The summed E-state index contributed by atoms with van der Waals surface area (Å²) in [4.78, 5) is 36.3. The lowest BCUT2D eigenvalue weighted by Crippen LogP contribution is -2.36. The second-order valence-corrected chi connectivity index (χ2v) is 4.42. The molecule has 0 unspecified atom stereocenters. The third kappa shape index (κ3) is 5.51. The van der Waals surface area contributed by atoms with Crippen LogP contribution in [0.25, 0.3) is 0 Å². The lowest BCUT2D eigenvalue weighted by molar-refractivity contribution is -0.151. The molecule has 6 nitrogen and oxygen atoms in total. The minimum absolute atomic E-state index is 0.104. The maximum atomic E-state index is 13.0. The van der Waals surface area contributed by atoms with Gasteiger partial charge < -0.3 is 15.0 Å². The number of ether oxygens (including phenoxy) is 1. The minimum atomic E-state index is -0.731. The largest absolute Gasteiger partial charge is 0.454 e. The molecule has 2 amide bonds. The number of hydrogen-bond acceptors (Lipinski definition) is 4. The second-order valence-electron chi connectivity index (χ2n) is 4.42. The first-order valence-electron chi connectivity index (χ1n) is 6.95. The van der Waals surface area contributed by atoms with Gasteiger partial charge in [-0.1, -0.05) is 6.07 Å². The zero-order chi connectivity index (χ0) is 16.5. The van der Waals surface area contributed by atoms with Gasteiger partial charge in [0.1, 0.15) is 12.4 Å². The molecule has 120 valence electrons. The summed E-state index contributed by atoms with van der Waals surface area (Å²) in [6.45, 7) is 3.95. The summed E-state index contributed by atoms with van der Waals surface area (Å²) in [7, 11) is 0. The molecule has 1 N–H and O–H groups in total. The topological polar surface area (TPSA) is 75.7 Å². The third-order valence-electron chi connectivity index (χ3n) is 2.95. The first-order valence-corrected chi connectivity index (χ1v) is 6.95. The highest BCUT2D eigenvalue weighted by atomic mass is 19.1. The van der Waals surface area contributed by atoms with E-state index in [0.717, 1.165) is 6.07 Å². The number of hydrogen-bond donors (Lipinski definition) is 1. The molecule has 0 aliphatic carbocycles. The maximum absolute atomic E-state index is 13.0. The van der Waals surface area contributed by atoms with Gasteiger partial charge in [-0.25, -0.2) is 4.39 Å². The molecule has 0 spiro atoms. The standard InChI is InChI=1S/C15H19FN2O4/c1-3-18(4-2)13(19)10-22-14(20)9-17-15(21)11-6-5-7-12(16)8-11/h5-8H,3-4,9-10H2,1-2H3,(H,17,21). The van der Waals surface area contributed by atoms with Crippen molar-refractivity contribution in [2.75, 3.05) is 26.2 Å². The second kappa shape index (κ2) is 8.76. The summed E-state index contributed by atoms with van der Waals surface area (Å²) >= 11 is 0. The molecule has 0 heterocycles. The molecule has 0 aliphatic heterocycles. The Bertz CT molecular complexity index is 544. The number of halogens is 1. The van der Waals surface area contributed by atoms with Crippen molar-refractivity contribution in [3.8, 4) is 0 Å². The Kier molecular flexibility index (Phi) is 7.01. The maximum Gasteiger partial charge on any atom is 0.325 e. The molecule has 0 radical (unpaired) electrons. The number of amides is 2. The Morgan fingerprint density at radius 1 is 1.23 bits per heavy atom. The predicted molar refractivity (Wildman–Crippen MR) is 77.6 cm³/mol. The zero-order valence-electron chi connectivity index (χ0n) is 12.6. The third-order valence-corrected chi connectivity index (χ3v) is 2.95. The summed E-state index contributed by atoms with van der Waals surface area (Å²) in [5.74, 6) is -2.16. The number of rotatable bonds is 7. The van der Waals surface area contributed by atoms with E-state index in [9.17, 15) is 18.8 Å². The van der Waals surface area contributed by atoms with E-state index in [4.69, 9.17) is 4.74 Å². The van der Waals surface area contributed by atoms with Crippen LogP contribution in [0.1, 0.15) is 24.2 Å². The average molecular weight is 310 g/mol. The van der Waals surface area contributed by atoms with Gasteiger partial charge in [0.15, 0.2) is 6.61 Å². The van der Waals surface area contributed by atoms with E-state index in [0.29, 0.717) is 13.1 Å². The van der Waals surface area contributed by atoms with Crippen LogP contribution in [-0.4, -0.2) is 48.9 Å². The van der Waals surface area contributed by atoms with E-state index in [2.05, 4.69) is 5.32 Å². The first kappa shape index (κ1) is 17.6. The quantitative estimate of drug-likeness (QED) is 0.761. The summed E-state index contributed by atoms with van der Waals surface area (Å²) in [5, 5.41) is 2.30. The Balaban J connectivity index is 2.37. The van der Waals surface area contributed by atoms with Gasteiger partial charge in [-0.05, 0) is 32.0 Å². The van der Waals surface area contributed by atoms with E-state index < -0.39 is 17.7 Å². The molecule has 1 aromatic carbocycles. The monoisotopic (exact) mass is 310 g/mol. The van der Waals surface area contributed by atoms with Crippen molar-refractivity contribution >= 4 is 17.8 Å². The van der Waals surface area contributed by atoms with Gasteiger partial charge in [0.05, 0.1) is 0 Å². The van der Waals surface area contributed by atoms with Crippen LogP contribution in [0.5, 0.6) is 0 Å². The van der Waals surface area contributed by atoms with Crippen LogP contribution in [0.15, 0.2) is 24.3 Å². The van der Waals surface area contributed by atoms with Crippen molar-refractivity contribution in [2.24, 2.45) is 0 Å². The van der Waals surface area contributed by atoms with Crippen LogP contribution in [0.2, 0.25) is 0 Å². The molecule has 1 aromatic rings. The number of carbonyl (C=O) groups excluding carboxylic acids is 3. The molecule has 0 fully saturated rings. The number of nitrogens with zero attached hydrogens (tertiary/aromatic N) is 1. The van der Waals surface area contributed by atoms with Crippen LogP contribution in [0.3, 0.4) is 0 Å². The summed E-state index contributed by atoms with van der Waals surface area (Å²) in [6, 6.07) is 5.09. The van der Waals surface area contributed by atoms with Gasteiger partial charge >= 0.3 is 5.97 Å². The molecular weight excluding hydrogens is 291 g/mol. The predicted octanol–water partition coefficient (Wildman–Crippen LogP) is 0.967. The molecule has 0 atom stereocenters. The summed E-state index contributed by atoms with van der Waals surface area (Å²) < 4.78 is 17.7. The van der Waals surface area contributed by atoms with E-state index in [1.165, 1.54) is 23.1 Å². The number of carbonyl (C=O) groups is 3. The molecule has 7 heteroatoms. The number of likely N-dealkylation sites (N-methyl/N-ethyl adjacent to an activating group) is 1. The smallest absolute Gasteiger partial charge is 0.325 e. The highest BCUT2D eigenvalue weighted by Gasteiger charge is 2.14. The highest BCUT2D eigenvalue weighted by Crippen LogP contribution is 2.02. The molecular formula is C15H19FN2O4. The fourth-order valence-electron chi connectivity index (χ4n) is 1.75. The summed E-state index contributed by atoms with van der Waals surface area (Å²) in [5.41, 5.74) is 0.104. The normalized spacial score (nSPS) is 9.95. The van der Waals surface area contributed by atoms with Crippen LogP contribution in [-0.2, 0) is 14.3 Å². The van der Waals surface area contributed by atoms with Gasteiger partial charge in [0.25, 0.3) is 11.8 Å². The van der Waals surface area contributed by atoms with Gasteiger partial charge in [-0.15, -0.1) is 0 Å². The Hall–Kier alpha value is -2.44. The lowest BCUT2D eigenvalue weighted by Gasteiger charge is -2.18. The van der Waals surface area contributed by atoms with Crippen molar-refractivity contribution in [2.45, 2.75) is 13.8 Å². The molecule has 0 saturated carbocycles. The number of benzene rings is 1. The summed E-state index contributed by atoms with van der Waals surface area (Å²) in [6.07, 6.45) is 0. The fourth-order valence-corrected chi connectivity index (χ4v) is 1.75. The Morgan fingerprint density at radius 2 is 1.91 bits per heavy atom. The molecule has 22 heavy (non-hydrogen) atoms. The van der Waals surface area contributed by atoms with Gasteiger partial charge in [-0.3, -0.25) is 14.4 Å². The van der Waals surface area contributed by atoms with Crippen LogP contribution >= 0.6 is 0 Å². The Labute approximate surface area is 128 Å². The van der Waals surface area contributed by atoms with Crippen molar-refractivity contribution in [1.82, 2.24) is 10.2 Å². The van der Waals surface area contributed by atoms with Gasteiger partial charge in [0.2, 0.25) is 0 Å². The van der Waals surface area contributed by atoms with Crippen molar-refractivity contribution in [1.29, 1.82) is 0 Å². The van der Waals surface area contributed by atoms with E-state index in [1.807, 2.05) is 13.8 Å². The molecule has 0 saturated heterocycles. The molecule has 0 aromatic heterocycles. The van der Waals surface area contributed by atoms with Crippen molar-refractivity contribution < 1.29 is 23.5 Å². The van der Waals surface area contributed by atoms with Crippen LogP contribution in [0.4, 0.5) is 4.39 Å². The van der Waals surface area contributed by atoms with E-state index >= 15 is 0 Å². The molecule has 1 rings (SSSR count). The highest BCUT2D eigenvalue weighted by molar-refractivity contribution is 5.96. The van der Waals surface area contributed by atoms with Crippen LogP contribution in [0, 0.1) is 5.82 Å². The van der Waals surface area contributed by atoms with Gasteiger partial charge in [-0.2, -0.15) is 0 Å². The fraction of sp³-hybridized carbons (Fsp3) is 0.400. The average Bonchev–Trinajstić information content (AvgIpc) is 2.51. The SMILES string of the molecule is CCN(CC)C(=O)COC(=O)CNC(=O)c1cccc(F)c1. The zero-order valence-corrected chi connectivity index (χ0v) is 12.6. The van der Waals surface area contributed by atoms with Gasteiger partial charge in [0, 0.05) is 18.7 Å². The first-order chi connectivity index (χ1) is 10.5. The van der Waals surface area contributed by atoms with E-state index in [1.54, 1.807) is 0 Å².